The molecule has 7 heteroatoms. The van der Waals surface area contributed by atoms with Gasteiger partial charge in [-0.3, -0.25) is 0 Å². The van der Waals surface area contributed by atoms with E-state index in [1.54, 1.807) is 0 Å². The summed E-state index contributed by atoms with van der Waals surface area (Å²) in [5.41, 5.74) is 16.6. The number of anilines is 4. The third-order valence-corrected chi connectivity index (χ3v) is 15.1. The Balaban J connectivity index is 0.00000631. The van der Waals surface area contributed by atoms with Crippen LogP contribution in [-0.4, -0.2) is 9.55 Å². The monoisotopic (exact) mass is 1190 g/mol. The average Bonchev–Trinajstić information content (AvgIpc) is 4.06. The maximum Gasteiger partial charge on any atom is 0.136 e. The van der Waals surface area contributed by atoms with E-state index in [4.69, 9.17) is 14.1 Å². The molecule has 0 bridgehead atoms. The van der Waals surface area contributed by atoms with E-state index in [2.05, 4.69) is 274 Å². The van der Waals surface area contributed by atoms with Crippen molar-refractivity contribution in [3.8, 4) is 39.6 Å². The molecule has 11 aromatic rings. The normalized spacial score (nSPS) is 13.2. The van der Waals surface area contributed by atoms with Crippen LogP contribution in [0, 0.1) is 18.8 Å². The van der Waals surface area contributed by atoms with Gasteiger partial charge in [-0.05, 0) is 90.6 Å². The van der Waals surface area contributed by atoms with Crippen LogP contribution < -0.4 is 14.5 Å². The Morgan fingerprint density at radius 3 is 1.82 bits per heavy atom. The number of aromatic nitrogens is 2. The fourth-order valence-electron chi connectivity index (χ4n) is 10.8. The van der Waals surface area contributed by atoms with Gasteiger partial charge in [-0.25, -0.2) is 4.98 Å². The smallest absolute Gasteiger partial charge is 0.136 e. The van der Waals surface area contributed by atoms with Crippen LogP contribution in [0.2, 0.25) is 0 Å². The maximum absolute atomic E-state index is 7.02. The number of pyridine rings is 1. The standard InChI is InChI=1S/C70H65N4O2.Pt/c1-67(2,3)47-33-34-71-62(40-47)74-60-42-52(30-31-57(60)66-65(74)63-54-24-17-16-23-45(54)29-32-61(63)76-66)75-53-39-50(70(10,11)12)38-51(41-53)72-43-73(59-28-19-18-27-58(59)72)64-55(44-21-14-13-15-22-44)25-20-26-56(64)46-35-48(68(4,5)6)37-49(36-46)69(7,8)9;/h13-40,43H,1-12H3;/q-3;. The molecule has 1 aliphatic rings. The first-order chi connectivity index (χ1) is 36.2. The Bertz CT molecular complexity index is 4030. The topological polar surface area (TPSA) is 46.7 Å². The van der Waals surface area contributed by atoms with Gasteiger partial charge in [-0.2, -0.15) is 6.07 Å². The van der Waals surface area contributed by atoms with E-state index >= 15 is 0 Å². The second kappa shape index (κ2) is 19.0. The molecule has 0 N–H and O–H groups in total. The molecule has 8 aromatic carbocycles. The third kappa shape index (κ3) is 9.33. The third-order valence-electron chi connectivity index (χ3n) is 15.1. The van der Waals surface area contributed by atoms with Crippen molar-refractivity contribution in [2.75, 3.05) is 9.80 Å². The molecule has 0 spiro atoms. The van der Waals surface area contributed by atoms with E-state index < -0.39 is 0 Å². The van der Waals surface area contributed by atoms with Crippen LogP contribution >= 0.6 is 0 Å². The van der Waals surface area contributed by atoms with Crippen molar-refractivity contribution in [2.45, 2.75) is 105 Å². The van der Waals surface area contributed by atoms with Crippen LogP contribution in [0.1, 0.15) is 105 Å². The molecule has 390 valence electrons. The largest absolute Gasteiger partial charge is 0.509 e. The molecule has 0 fully saturated rings. The first-order valence-corrected chi connectivity index (χ1v) is 26.6. The van der Waals surface area contributed by atoms with Crippen LogP contribution in [0.5, 0.6) is 11.5 Å². The van der Waals surface area contributed by atoms with E-state index in [-0.39, 0.29) is 42.7 Å². The van der Waals surface area contributed by atoms with Crippen molar-refractivity contribution in [3.05, 3.63) is 211 Å². The molecular weight excluding hydrogens is 1120 g/mol. The molecule has 0 saturated heterocycles. The Labute approximate surface area is 468 Å². The summed E-state index contributed by atoms with van der Waals surface area (Å²) in [6, 6.07) is 66.4. The number of benzene rings is 8. The molecule has 0 aliphatic carbocycles. The fourth-order valence-corrected chi connectivity index (χ4v) is 10.8. The summed E-state index contributed by atoms with van der Waals surface area (Å²) in [5.74, 6) is 1.94. The summed E-state index contributed by atoms with van der Waals surface area (Å²) < 4.78 is 16.0. The first kappa shape index (κ1) is 51.7. The molecule has 0 saturated carbocycles. The van der Waals surface area contributed by atoms with E-state index in [9.17, 15) is 0 Å². The minimum absolute atomic E-state index is 0. The Morgan fingerprint density at radius 2 is 1.13 bits per heavy atom. The minimum Gasteiger partial charge on any atom is -0.509 e. The second-order valence-electron chi connectivity index (χ2n) is 24.7. The molecule has 77 heavy (non-hydrogen) atoms. The summed E-state index contributed by atoms with van der Waals surface area (Å²) in [5, 5.41) is 4.24. The first-order valence-electron chi connectivity index (χ1n) is 26.6. The number of fused-ring (bicyclic) bond motifs is 8. The number of nitrogens with zero attached hydrogens (tertiary/aromatic N) is 4. The van der Waals surface area contributed by atoms with E-state index in [0.717, 1.165) is 94.6 Å². The average molecular weight is 1190 g/mol. The Morgan fingerprint density at radius 1 is 0.506 bits per heavy atom. The molecule has 0 unspecified atom stereocenters. The summed E-state index contributed by atoms with van der Waals surface area (Å²) in [6.45, 7) is 29.5. The van der Waals surface area contributed by atoms with Crippen LogP contribution in [0.3, 0.4) is 0 Å². The van der Waals surface area contributed by atoms with Crippen LogP contribution in [0.4, 0.5) is 22.7 Å². The van der Waals surface area contributed by atoms with E-state index in [1.807, 2.05) is 12.3 Å². The number of ether oxygens (including phenoxy) is 1. The van der Waals surface area contributed by atoms with Gasteiger partial charge < -0.3 is 23.5 Å². The van der Waals surface area contributed by atoms with Crippen molar-refractivity contribution >= 4 is 66.5 Å². The SMILES string of the molecule is CC(C)(C)c1cc(Oc2[c-]c3c(cc2)c2oc4ccc5ccccc5c4c2n3-c2cc(C(C)(C)C)ccn2)[c-]c(N2[CH-]N(c3c(-c4ccccc4)cccc3-c3cc(C(C)(C)C)cc(C(C)(C)C)c3)c3ccccc32)c1.[Pt]. The molecule has 1 aliphatic heterocycles. The van der Waals surface area contributed by atoms with Gasteiger partial charge in [0.2, 0.25) is 0 Å². The number of furan rings is 1. The van der Waals surface area contributed by atoms with Crippen molar-refractivity contribution in [3.63, 3.8) is 0 Å². The molecule has 0 radical (unpaired) electrons. The van der Waals surface area contributed by atoms with E-state index in [1.165, 1.54) is 22.3 Å². The fraction of sp³-hybridized carbons (Fsp3) is 0.229. The van der Waals surface area contributed by atoms with Gasteiger partial charge in [-0.15, -0.1) is 48.3 Å². The van der Waals surface area contributed by atoms with Gasteiger partial charge in [0.25, 0.3) is 0 Å². The van der Waals surface area contributed by atoms with Gasteiger partial charge in [0.1, 0.15) is 17.0 Å². The Kier molecular flexibility index (Phi) is 12.7. The van der Waals surface area contributed by atoms with Gasteiger partial charge in [0.15, 0.2) is 0 Å². The molecule has 0 atom stereocenters. The Hall–Kier alpha value is -7.40. The van der Waals surface area contributed by atoms with Gasteiger partial charge >= 0.3 is 0 Å². The number of hydrogen-bond donors (Lipinski definition) is 0. The molecular formula is C70H65N4O2Pt-3. The summed E-state index contributed by atoms with van der Waals surface area (Å²) in [4.78, 5) is 9.68. The zero-order chi connectivity index (χ0) is 53.1. The van der Waals surface area contributed by atoms with Crippen LogP contribution in [0.15, 0.2) is 174 Å². The van der Waals surface area contributed by atoms with Crippen LogP contribution in [-0.2, 0) is 42.7 Å². The van der Waals surface area contributed by atoms with Crippen molar-refractivity contribution in [2.24, 2.45) is 0 Å². The minimum atomic E-state index is -0.225. The predicted octanol–water partition coefficient (Wildman–Crippen LogP) is 19.4. The van der Waals surface area contributed by atoms with E-state index in [0.29, 0.717) is 11.5 Å². The number of rotatable bonds is 7. The summed E-state index contributed by atoms with van der Waals surface area (Å²) in [7, 11) is 0. The quantitative estimate of drug-likeness (QED) is 0.149. The van der Waals surface area contributed by atoms with Crippen molar-refractivity contribution in [1.82, 2.24) is 9.55 Å². The van der Waals surface area contributed by atoms with Gasteiger partial charge in [0.05, 0.1) is 10.9 Å². The second-order valence-corrected chi connectivity index (χ2v) is 24.7. The molecule has 4 heterocycles. The van der Waals surface area contributed by atoms with Crippen LogP contribution in [0.25, 0.3) is 71.8 Å². The maximum atomic E-state index is 7.02. The predicted molar refractivity (Wildman–Crippen MR) is 317 cm³/mol. The summed E-state index contributed by atoms with van der Waals surface area (Å²) >= 11 is 0. The number of para-hydroxylation sites is 3. The van der Waals surface area contributed by atoms with Crippen molar-refractivity contribution in [1.29, 1.82) is 0 Å². The van der Waals surface area contributed by atoms with Crippen molar-refractivity contribution < 1.29 is 30.2 Å². The molecule has 0 amide bonds. The zero-order valence-electron chi connectivity index (χ0n) is 46.2. The molecule has 6 nitrogen and oxygen atoms in total. The number of hydrogen-bond acceptors (Lipinski definition) is 5. The molecule has 3 aromatic heterocycles. The van der Waals surface area contributed by atoms with Gasteiger partial charge in [0, 0.05) is 67.0 Å². The molecule has 12 rings (SSSR count). The summed E-state index contributed by atoms with van der Waals surface area (Å²) in [6.07, 6.45) is 1.91. The van der Waals surface area contributed by atoms with Gasteiger partial charge in [-0.1, -0.05) is 203 Å². The zero-order valence-corrected chi connectivity index (χ0v) is 48.4.